The number of nitrogens with one attached hydrogen (secondary N) is 2. The van der Waals surface area contributed by atoms with Crippen LogP contribution >= 0.6 is 11.6 Å². The van der Waals surface area contributed by atoms with Crippen LogP contribution in [-0.4, -0.2) is 58.3 Å². The Bertz CT molecular complexity index is 1330. The van der Waals surface area contributed by atoms with Gasteiger partial charge in [-0.05, 0) is 34.9 Å². The average molecular weight is 517 g/mol. The lowest BCUT2D eigenvalue weighted by Gasteiger charge is -2.27. The van der Waals surface area contributed by atoms with Crippen molar-refractivity contribution in [2.24, 2.45) is 0 Å². The van der Waals surface area contributed by atoms with E-state index < -0.39 is 12.1 Å². The van der Waals surface area contributed by atoms with E-state index in [1.807, 2.05) is 30.6 Å². The van der Waals surface area contributed by atoms with Gasteiger partial charge in [-0.3, -0.25) is 4.90 Å². The van der Waals surface area contributed by atoms with Gasteiger partial charge in [0.05, 0.1) is 0 Å². The third-order valence-corrected chi connectivity index (χ3v) is 6.05. The molecule has 3 N–H and O–H groups in total. The normalized spacial score (nSPS) is 14.3. The highest BCUT2D eigenvalue weighted by Crippen LogP contribution is 2.32. The van der Waals surface area contributed by atoms with Crippen molar-refractivity contribution in [1.29, 1.82) is 0 Å². The summed E-state index contributed by atoms with van der Waals surface area (Å²) in [6.07, 6.45) is -1.14. The van der Waals surface area contributed by atoms with E-state index in [1.54, 1.807) is 0 Å². The SMILES string of the molecule is Clc1cccc(-c2c[nH]c3ncc(-c4ccc(CN5CCNCC5)cc4)cc23)c1.O=C(O)C(F)(F)F. The number of H-pyrrole nitrogens is 1. The van der Waals surface area contributed by atoms with E-state index in [-0.39, 0.29) is 0 Å². The topological polar surface area (TPSA) is 81.2 Å². The number of aromatic amines is 1. The predicted molar refractivity (Wildman–Crippen MR) is 134 cm³/mol. The van der Waals surface area contributed by atoms with E-state index in [0.29, 0.717) is 0 Å². The number of hydrogen-bond donors (Lipinski definition) is 3. The van der Waals surface area contributed by atoms with Crippen LogP contribution in [0.15, 0.2) is 67.0 Å². The molecule has 1 saturated heterocycles. The first kappa shape index (κ1) is 25.7. The highest BCUT2D eigenvalue weighted by Gasteiger charge is 2.38. The van der Waals surface area contributed by atoms with Crippen molar-refractivity contribution >= 4 is 28.6 Å². The van der Waals surface area contributed by atoms with Crippen molar-refractivity contribution in [2.45, 2.75) is 12.7 Å². The van der Waals surface area contributed by atoms with Gasteiger partial charge in [-0.2, -0.15) is 13.2 Å². The number of pyridine rings is 1. The van der Waals surface area contributed by atoms with E-state index in [9.17, 15) is 13.2 Å². The molecule has 5 rings (SSSR count). The lowest BCUT2D eigenvalue weighted by Crippen LogP contribution is -2.42. The van der Waals surface area contributed by atoms with Gasteiger partial charge >= 0.3 is 12.1 Å². The molecule has 0 aliphatic carbocycles. The van der Waals surface area contributed by atoms with Crippen LogP contribution in [0.1, 0.15) is 5.56 Å². The van der Waals surface area contributed by atoms with Gasteiger partial charge in [-0.1, -0.05) is 48.0 Å². The molecule has 2 aromatic carbocycles. The lowest BCUT2D eigenvalue weighted by atomic mass is 10.0. The molecule has 0 unspecified atom stereocenters. The standard InChI is InChI=1S/C24H23ClN4.C2HF3O2/c25-21-3-1-2-19(12-21)23-15-28-24-22(23)13-20(14-27-24)18-6-4-17(5-7-18)16-29-10-8-26-9-11-29;3-2(4,5)1(6)7/h1-7,12-15,26H,8-11,16H2,(H,27,28);(H,6,7). The summed E-state index contributed by atoms with van der Waals surface area (Å²) in [5.41, 5.74) is 6.75. The number of benzene rings is 2. The molecule has 188 valence electrons. The molecular weight excluding hydrogens is 493 g/mol. The zero-order valence-electron chi connectivity index (χ0n) is 19.1. The molecule has 1 fully saturated rings. The van der Waals surface area contributed by atoms with Crippen molar-refractivity contribution in [2.75, 3.05) is 26.2 Å². The number of aromatic nitrogens is 2. The summed E-state index contributed by atoms with van der Waals surface area (Å²) in [6.45, 7) is 5.39. The van der Waals surface area contributed by atoms with Crippen LogP contribution < -0.4 is 5.32 Å². The smallest absolute Gasteiger partial charge is 0.475 e. The average Bonchev–Trinajstić information content (AvgIpc) is 3.28. The fourth-order valence-corrected chi connectivity index (χ4v) is 4.18. The quantitative estimate of drug-likeness (QED) is 0.329. The number of fused-ring (bicyclic) bond motifs is 1. The second-order valence-electron chi connectivity index (χ2n) is 8.36. The van der Waals surface area contributed by atoms with E-state index >= 15 is 0 Å². The number of carboxylic acids is 1. The first-order valence-corrected chi connectivity index (χ1v) is 11.6. The monoisotopic (exact) mass is 516 g/mol. The van der Waals surface area contributed by atoms with Gasteiger partial charge in [0, 0.05) is 66.7 Å². The van der Waals surface area contributed by atoms with Crippen LogP contribution in [0, 0.1) is 0 Å². The Hall–Kier alpha value is -3.40. The van der Waals surface area contributed by atoms with Crippen molar-refractivity contribution in [3.05, 3.63) is 77.6 Å². The van der Waals surface area contributed by atoms with Crippen molar-refractivity contribution in [3.63, 3.8) is 0 Å². The zero-order chi connectivity index (χ0) is 25.7. The van der Waals surface area contributed by atoms with Crippen molar-refractivity contribution in [3.8, 4) is 22.3 Å². The molecule has 10 heteroatoms. The molecular formula is C26H24ClF3N4O2. The summed E-state index contributed by atoms with van der Waals surface area (Å²) in [6, 6.07) is 19.0. The van der Waals surface area contributed by atoms with Gasteiger partial charge in [0.25, 0.3) is 0 Å². The fraction of sp³-hybridized carbons (Fsp3) is 0.231. The first-order valence-electron chi connectivity index (χ1n) is 11.3. The maximum Gasteiger partial charge on any atom is 0.490 e. The molecule has 0 saturated carbocycles. The fourth-order valence-electron chi connectivity index (χ4n) is 3.99. The highest BCUT2D eigenvalue weighted by molar-refractivity contribution is 6.30. The Kier molecular flexibility index (Phi) is 7.93. The minimum absolute atomic E-state index is 0.737. The summed E-state index contributed by atoms with van der Waals surface area (Å²) in [5.74, 6) is -2.76. The number of carbonyl (C=O) groups is 1. The molecule has 1 aliphatic heterocycles. The molecule has 0 atom stereocenters. The Morgan fingerprint density at radius 1 is 1.03 bits per heavy atom. The number of piperazine rings is 1. The Labute approximate surface area is 210 Å². The van der Waals surface area contributed by atoms with Gasteiger partial charge in [0.2, 0.25) is 0 Å². The molecule has 0 bridgehead atoms. The van der Waals surface area contributed by atoms with Gasteiger partial charge in [-0.15, -0.1) is 0 Å². The second-order valence-corrected chi connectivity index (χ2v) is 8.80. The molecule has 4 aromatic rings. The maximum absolute atomic E-state index is 10.6. The van der Waals surface area contributed by atoms with E-state index in [2.05, 4.69) is 56.6 Å². The minimum Gasteiger partial charge on any atom is -0.475 e. The van der Waals surface area contributed by atoms with Gasteiger partial charge in [0.15, 0.2) is 0 Å². The third kappa shape index (κ3) is 6.42. The summed E-state index contributed by atoms with van der Waals surface area (Å²) in [5, 5.41) is 12.4. The third-order valence-electron chi connectivity index (χ3n) is 5.81. The highest BCUT2D eigenvalue weighted by atomic mass is 35.5. The molecule has 0 radical (unpaired) electrons. The Balaban J connectivity index is 0.000000384. The zero-order valence-corrected chi connectivity index (χ0v) is 19.9. The summed E-state index contributed by atoms with van der Waals surface area (Å²) >= 11 is 6.19. The van der Waals surface area contributed by atoms with Gasteiger partial charge < -0.3 is 15.4 Å². The van der Waals surface area contributed by atoms with E-state index in [0.717, 1.165) is 65.5 Å². The molecule has 36 heavy (non-hydrogen) atoms. The summed E-state index contributed by atoms with van der Waals surface area (Å²) in [4.78, 5) is 19.3. The molecule has 0 spiro atoms. The Morgan fingerprint density at radius 3 is 2.36 bits per heavy atom. The van der Waals surface area contributed by atoms with E-state index in [4.69, 9.17) is 21.5 Å². The molecule has 2 aromatic heterocycles. The number of alkyl halides is 3. The summed E-state index contributed by atoms with van der Waals surface area (Å²) < 4.78 is 31.7. The second kappa shape index (κ2) is 11.1. The van der Waals surface area contributed by atoms with Crippen molar-refractivity contribution < 1.29 is 23.1 Å². The minimum atomic E-state index is -5.08. The van der Waals surface area contributed by atoms with Gasteiger partial charge in [-0.25, -0.2) is 9.78 Å². The number of nitrogens with zero attached hydrogens (tertiary/aromatic N) is 2. The number of carboxylic acid groups (broad SMARTS) is 1. The van der Waals surface area contributed by atoms with Crippen LogP contribution in [0.5, 0.6) is 0 Å². The molecule has 0 amide bonds. The van der Waals surface area contributed by atoms with E-state index in [1.165, 1.54) is 11.1 Å². The first-order chi connectivity index (χ1) is 17.2. The van der Waals surface area contributed by atoms with Gasteiger partial charge in [0.1, 0.15) is 5.65 Å². The summed E-state index contributed by atoms with van der Waals surface area (Å²) in [7, 11) is 0. The Morgan fingerprint density at radius 2 is 1.72 bits per heavy atom. The molecule has 6 nitrogen and oxygen atoms in total. The number of hydrogen-bond acceptors (Lipinski definition) is 4. The number of halogens is 4. The largest absolute Gasteiger partial charge is 0.490 e. The van der Waals surface area contributed by atoms with Crippen LogP contribution in [0.3, 0.4) is 0 Å². The molecule has 1 aliphatic rings. The molecule has 3 heterocycles. The number of rotatable bonds is 4. The van der Waals surface area contributed by atoms with Crippen molar-refractivity contribution in [1.82, 2.24) is 20.2 Å². The number of aliphatic carboxylic acids is 1. The predicted octanol–water partition coefficient (Wildman–Crippen LogP) is 5.59. The van der Waals surface area contributed by atoms with Crippen LogP contribution in [0.25, 0.3) is 33.3 Å². The lowest BCUT2D eigenvalue weighted by molar-refractivity contribution is -0.192. The van der Waals surface area contributed by atoms with Crippen LogP contribution in [0.2, 0.25) is 5.02 Å². The van der Waals surface area contributed by atoms with Crippen LogP contribution in [0.4, 0.5) is 13.2 Å². The maximum atomic E-state index is 10.6. The van der Waals surface area contributed by atoms with Crippen LogP contribution in [-0.2, 0) is 11.3 Å².